The minimum absolute atomic E-state index is 0.00275. The zero-order chi connectivity index (χ0) is 20.8. The van der Waals surface area contributed by atoms with Crippen LogP contribution in [0.3, 0.4) is 0 Å². The maximum atomic E-state index is 13.0. The van der Waals surface area contributed by atoms with Crippen molar-refractivity contribution in [2.75, 3.05) is 0 Å². The molecule has 152 valence electrons. The zero-order valence-corrected chi connectivity index (χ0v) is 16.5. The van der Waals surface area contributed by atoms with E-state index in [1.807, 2.05) is 60.7 Å². The predicted molar refractivity (Wildman–Crippen MR) is 109 cm³/mol. The average Bonchev–Trinajstić information content (AvgIpc) is 2.74. The van der Waals surface area contributed by atoms with Gasteiger partial charge in [-0.25, -0.2) is 4.79 Å². The molecule has 29 heavy (non-hydrogen) atoms. The molecule has 1 aliphatic heterocycles. The summed E-state index contributed by atoms with van der Waals surface area (Å²) < 4.78 is 0. The van der Waals surface area contributed by atoms with Gasteiger partial charge in [0.25, 0.3) is 0 Å². The summed E-state index contributed by atoms with van der Waals surface area (Å²) in [6.07, 6.45) is 0.958. The highest BCUT2D eigenvalue weighted by Crippen LogP contribution is 2.38. The molecule has 3 rings (SSSR count). The number of carbonyl (C=O) groups excluding carboxylic acids is 2. The maximum Gasteiger partial charge on any atom is 0.326 e. The van der Waals surface area contributed by atoms with Gasteiger partial charge in [0.2, 0.25) is 11.8 Å². The largest absolute Gasteiger partial charge is 0.480 e. The van der Waals surface area contributed by atoms with Gasteiger partial charge in [-0.1, -0.05) is 67.6 Å². The summed E-state index contributed by atoms with van der Waals surface area (Å²) in [5.74, 6) is -1.88. The SMILES string of the molecule is CCC(NC(=O)C1CCC(=O)N(Cc2ccccc2)C1c1ccccc1)C(=O)O. The number of hydrogen-bond donors (Lipinski definition) is 2. The predicted octanol–water partition coefficient (Wildman–Crippen LogP) is 3.15. The van der Waals surface area contributed by atoms with Crippen LogP contribution in [0.2, 0.25) is 0 Å². The van der Waals surface area contributed by atoms with Crippen LogP contribution in [0.1, 0.15) is 43.4 Å². The lowest BCUT2D eigenvalue weighted by Crippen LogP contribution is -2.50. The van der Waals surface area contributed by atoms with E-state index in [9.17, 15) is 19.5 Å². The molecule has 2 aromatic rings. The Labute approximate surface area is 170 Å². The van der Waals surface area contributed by atoms with E-state index < -0.39 is 24.0 Å². The number of carboxylic acids is 1. The number of aliphatic carboxylic acids is 1. The van der Waals surface area contributed by atoms with Crippen LogP contribution in [0, 0.1) is 5.92 Å². The number of carbonyl (C=O) groups is 3. The van der Waals surface area contributed by atoms with Gasteiger partial charge in [0.05, 0.1) is 12.0 Å². The Morgan fingerprint density at radius 2 is 1.72 bits per heavy atom. The van der Waals surface area contributed by atoms with Crippen LogP contribution in [0.4, 0.5) is 0 Å². The van der Waals surface area contributed by atoms with Crippen LogP contribution in [0.15, 0.2) is 60.7 Å². The van der Waals surface area contributed by atoms with Crippen molar-refractivity contribution in [3.05, 3.63) is 71.8 Å². The lowest BCUT2D eigenvalue weighted by molar-refractivity contribution is -0.148. The number of rotatable bonds is 7. The van der Waals surface area contributed by atoms with Crippen LogP contribution in [-0.2, 0) is 20.9 Å². The molecule has 2 aromatic carbocycles. The molecule has 0 spiro atoms. The number of piperidine rings is 1. The number of nitrogens with one attached hydrogen (secondary N) is 1. The molecule has 0 aromatic heterocycles. The van der Waals surface area contributed by atoms with Crippen molar-refractivity contribution in [1.29, 1.82) is 0 Å². The van der Waals surface area contributed by atoms with E-state index in [0.29, 0.717) is 19.4 Å². The summed E-state index contributed by atoms with van der Waals surface area (Å²) in [6, 6.07) is 17.8. The summed E-state index contributed by atoms with van der Waals surface area (Å²) in [4.78, 5) is 39.0. The Bertz CT molecular complexity index is 854. The fourth-order valence-electron chi connectivity index (χ4n) is 3.87. The van der Waals surface area contributed by atoms with Gasteiger partial charge in [-0.15, -0.1) is 0 Å². The van der Waals surface area contributed by atoms with E-state index in [2.05, 4.69) is 5.32 Å². The van der Waals surface area contributed by atoms with E-state index >= 15 is 0 Å². The highest BCUT2D eigenvalue weighted by molar-refractivity contribution is 5.88. The van der Waals surface area contributed by atoms with Crippen molar-refractivity contribution in [3.63, 3.8) is 0 Å². The van der Waals surface area contributed by atoms with Crippen LogP contribution < -0.4 is 5.32 Å². The monoisotopic (exact) mass is 394 g/mol. The average molecular weight is 394 g/mol. The molecule has 1 heterocycles. The van der Waals surface area contributed by atoms with Crippen LogP contribution in [-0.4, -0.2) is 33.8 Å². The van der Waals surface area contributed by atoms with E-state index in [1.54, 1.807) is 11.8 Å². The highest BCUT2D eigenvalue weighted by Gasteiger charge is 2.41. The normalized spacial score (nSPS) is 20.2. The minimum atomic E-state index is -1.05. The third-order valence-corrected chi connectivity index (χ3v) is 5.40. The molecule has 2 amide bonds. The van der Waals surface area contributed by atoms with Gasteiger partial charge in [-0.05, 0) is 24.0 Å². The fourth-order valence-corrected chi connectivity index (χ4v) is 3.87. The smallest absolute Gasteiger partial charge is 0.326 e. The Hall–Kier alpha value is -3.15. The van der Waals surface area contributed by atoms with Crippen molar-refractivity contribution < 1.29 is 19.5 Å². The van der Waals surface area contributed by atoms with E-state index in [1.165, 1.54) is 0 Å². The summed E-state index contributed by atoms with van der Waals surface area (Å²) in [5.41, 5.74) is 1.86. The van der Waals surface area contributed by atoms with Crippen molar-refractivity contribution in [3.8, 4) is 0 Å². The van der Waals surface area contributed by atoms with Gasteiger partial charge in [0.15, 0.2) is 0 Å². The standard InChI is InChI=1S/C23H26N2O4/c1-2-19(23(28)29)24-22(27)18-13-14-20(26)25(15-16-9-5-3-6-10-16)21(18)17-11-7-4-8-12-17/h3-12,18-19,21H,2,13-15H2,1H3,(H,24,27)(H,28,29). The van der Waals surface area contributed by atoms with Crippen molar-refractivity contribution >= 4 is 17.8 Å². The first-order valence-corrected chi connectivity index (χ1v) is 9.92. The van der Waals surface area contributed by atoms with Crippen molar-refractivity contribution in [1.82, 2.24) is 10.2 Å². The van der Waals surface area contributed by atoms with Crippen molar-refractivity contribution in [2.45, 2.75) is 44.8 Å². The van der Waals surface area contributed by atoms with Crippen molar-refractivity contribution in [2.24, 2.45) is 5.92 Å². The van der Waals surface area contributed by atoms with Crippen LogP contribution in [0.5, 0.6) is 0 Å². The Kier molecular flexibility index (Phi) is 6.65. The molecular formula is C23H26N2O4. The number of amides is 2. The molecule has 0 radical (unpaired) electrons. The summed E-state index contributed by atoms with van der Waals surface area (Å²) in [6.45, 7) is 2.12. The summed E-state index contributed by atoms with van der Waals surface area (Å²) in [7, 11) is 0. The lowest BCUT2D eigenvalue weighted by Gasteiger charge is -2.41. The topological polar surface area (TPSA) is 86.7 Å². The first-order chi connectivity index (χ1) is 14.0. The molecule has 6 heteroatoms. The third kappa shape index (κ3) is 4.83. The fraction of sp³-hybridized carbons (Fsp3) is 0.348. The number of benzene rings is 2. The number of nitrogens with zero attached hydrogens (tertiary/aromatic N) is 1. The van der Waals surface area contributed by atoms with Crippen LogP contribution in [0.25, 0.3) is 0 Å². The summed E-state index contributed by atoms with van der Waals surface area (Å²) in [5, 5.41) is 12.0. The number of likely N-dealkylation sites (tertiary alicyclic amines) is 1. The second-order valence-corrected chi connectivity index (χ2v) is 7.32. The Morgan fingerprint density at radius 1 is 1.10 bits per heavy atom. The van der Waals surface area contributed by atoms with Gasteiger partial charge < -0.3 is 15.3 Å². The second kappa shape index (κ2) is 9.37. The molecule has 0 saturated carbocycles. The molecule has 3 unspecified atom stereocenters. The molecule has 3 atom stereocenters. The first kappa shape index (κ1) is 20.6. The van der Waals surface area contributed by atoms with Crippen LogP contribution >= 0.6 is 0 Å². The maximum absolute atomic E-state index is 13.0. The van der Waals surface area contributed by atoms with Gasteiger partial charge in [0.1, 0.15) is 6.04 Å². The minimum Gasteiger partial charge on any atom is -0.480 e. The second-order valence-electron chi connectivity index (χ2n) is 7.32. The number of carboxylic acid groups (broad SMARTS) is 1. The molecule has 2 N–H and O–H groups in total. The zero-order valence-electron chi connectivity index (χ0n) is 16.5. The van der Waals surface area contributed by atoms with E-state index in [-0.39, 0.29) is 18.2 Å². The van der Waals surface area contributed by atoms with Gasteiger partial charge >= 0.3 is 5.97 Å². The van der Waals surface area contributed by atoms with Gasteiger partial charge in [-0.3, -0.25) is 9.59 Å². The molecule has 6 nitrogen and oxygen atoms in total. The molecule has 1 fully saturated rings. The Morgan fingerprint density at radius 3 is 2.31 bits per heavy atom. The summed E-state index contributed by atoms with van der Waals surface area (Å²) >= 11 is 0. The Balaban J connectivity index is 1.93. The van der Waals surface area contributed by atoms with E-state index in [0.717, 1.165) is 11.1 Å². The number of hydrogen-bond acceptors (Lipinski definition) is 3. The molecule has 0 bridgehead atoms. The molecule has 0 aliphatic carbocycles. The van der Waals surface area contributed by atoms with E-state index in [4.69, 9.17) is 0 Å². The molecular weight excluding hydrogens is 368 g/mol. The first-order valence-electron chi connectivity index (χ1n) is 9.92. The molecule has 1 saturated heterocycles. The highest BCUT2D eigenvalue weighted by atomic mass is 16.4. The third-order valence-electron chi connectivity index (χ3n) is 5.40. The van der Waals surface area contributed by atoms with Gasteiger partial charge in [-0.2, -0.15) is 0 Å². The van der Waals surface area contributed by atoms with Gasteiger partial charge in [0, 0.05) is 13.0 Å². The quantitative estimate of drug-likeness (QED) is 0.755. The molecule has 1 aliphatic rings. The lowest BCUT2D eigenvalue weighted by atomic mass is 9.83.